The molecular formula is C11H15IN2O. The zero-order valence-corrected chi connectivity index (χ0v) is 10.9. The monoisotopic (exact) mass is 318 g/mol. The molecule has 3 nitrogen and oxygen atoms in total. The van der Waals surface area contributed by atoms with Crippen LogP contribution in [-0.4, -0.2) is 12.5 Å². The maximum absolute atomic E-state index is 11.4. The summed E-state index contributed by atoms with van der Waals surface area (Å²) >= 11 is 2.25. The summed E-state index contributed by atoms with van der Waals surface area (Å²) in [5.41, 5.74) is 7.40. The summed E-state index contributed by atoms with van der Waals surface area (Å²) in [5.74, 6) is 0.0279. The van der Waals surface area contributed by atoms with E-state index in [9.17, 15) is 4.79 Å². The van der Waals surface area contributed by atoms with Gasteiger partial charge in [0.1, 0.15) is 0 Å². The van der Waals surface area contributed by atoms with Gasteiger partial charge in [0.2, 0.25) is 5.91 Å². The highest BCUT2D eigenvalue weighted by Crippen LogP contribution is 2.17. The molecule has 0 bridgehead atoms. The molecule has 0 atom stereocenters. The molecule has 0 spiro atoms. The first-order chi connectivity index (χ1) is 7.13. The zero-order valence-electron chi connectivity index (χ0n) is 8.72. The van der Waals surface area contributed by atoms with Crippen LogP contribution >= 0.6 is 22.6 Å². The lowest BCUT2D eigenvalue weighted by Crippen LogP contribution is -2.13. The van der Waals surface area contributed by atoms with E-state index in [-0.39, 0.29) is 5.91 Å². The first-order valence-corrected chi connectivity index (χ1v) is 5.97. The van der Waals surface area contributed by atoms with Gasteiger partial charge >= 0.3 is 0 Å². The second kappa shape index (κ2) is 6.07. The summed E-state index contributed by atoms with van der Waals surface area (Å²) in [4.78, 5) is 11.4. The number of anilines is 1. The molecule has 0 aliphatic rings. The van der Waals surface area contributed by atoms with Crippen LogP contribution in [0.4, 0.5) is 5.69 Å². The fourth-order valence-corrected chi connectivity index (χ4v) is 1.67. The highest BCUT2D eigenvalue weighted by atomic mass is 127. The van der Waals surface area contributed by atoms with Gasteiger partial charge in [0.05, 0.1) is 0 Å². The van der Waals surface area contributed by atoms with Crippen molar-refractivity contribution in [2.45, 2.75) is 19.8 Å². The van der Waals surface area contributed by atoms with Gasteiger partial charge in [-0.2, -0.15) is 0 Å². The lowest BCUT2D eigenvalue weighted by molar-refractivity contribution is -0.116. The van der Waals surface area contributed by atoms with E-state index in [1.807, 2.05) is 25.1 Å². The minimum atomic E-state index is 0.0279. The molecule has 0 aliphatic heterocycles. The molecule has 0 radical (unpaired) electrons. The number of benzene rings is 1. The van der Waals surface area contributed by atoms with Gasteiger partial charge in [-0.15, -0.1) is 0 Å². The van der Waals surface area contributed by atoms with Crippen LogP contribution < -0.4 is 11.1 Å². The van der Waals surface area contributed by atoms with Gasteiger partial charge in [-0.25, -0.2) is 0 Å². The highest BCUT2D eigenvalue weighted by Gasteiger charge is 2.02. The average Bonchev–Trinajstić information content (AvgIpc) is 2.20. The summed E-state index contributed by atoms with van der Waals surface area (Å²) in [7, 11) is 0. The van der Waals surface area contributed by atoms with E-state index in [0.717, 1.165) is 15.7 Å². The normalized spacial score (nSPS) is 10.1. The topological polar surface area (TPSA) is 55.1 Å². The van der Waals surface area contributed by atoms with Crippen molar-refractivity contribution in [3.63, 3.8) is 0 Å². The molecule has 0 aliphatic carbocycles. The van der Waals surface area contributed by atoms with E-state index in [4.69, 9.17) is 5.73 Å². The minimum absolute atomic E-state index is 0.0279. The maximum atomic E-state index is 11.4. The molecule has 0 aromatic heterocycles. The standard InChI is InChI=1S/C11H15IN2O/c1-8-4-5-9(7-10(8)12)14-11(15)3-2-6-13/h4-5,7H,2-3,6,13H2,1H3,(H,14,15). The number of halogens is 1. The molecule has 1 aromatic rings. The third-order valence-corrected chi connectivity index (χ3v) is 3.23. The maximum Gasteiger partial charge on any atom is 0.224 e. The fourth-order valence-electron chi connectivity index (χ4n) is 1.16. The van der Waals surface area contributed by atoms with Gasteiger partial charge in [0.15, 0.2) is 0 Å². The number of hydrogen-bond acceptors (Lipinski definition) is 2. The Labute approximate surface area is 104 Å². The number of nitrogens with two attached hydrogens (primary N) is 1. The number of carbonyl (C=O) groups is 1. The number of nitrogens with one attached hydrogen (secondary N) is 1. The van der Waals surface area contributed by atoms with Gasteiger partial charge in [0, 0.05) is 15.7 Å². The first-order valence-electron chi connectivity index (χ1n) is 4.89. The number of aryl methyl sites for hydroxylation is 1. The van der Waals surface area contributed by atoms with Crippen molar-refractivity contribution in [2.24, 2.45) is 5.73 Å². The highest BCUT2D eigenvalue weighted by molar-refractivity contribution is 14.1. The molecule has 4 heteroatoms. The molecule has 82 valence electrons. The molecule has 0 unspecified atom stereocenters. The molecule has 0 fully saturated rings. The molecule has 0 heterocycles. The number of hydrogen-bond donors (Lipinski definition) is 2. The van der Waals surface area contributed by atoms with E-state index < -0.39 is 0 Å². The molecule has 1 amide bonds. The van der Waals surface area contributed by atoms with Crippen LogP contribution in [-0.2, 0) is 4.79 Å². The van der Waals surface area contributed by atoms with Crippen LogP contribution in [0.1, 0.15) is 18.4 Å². The van der Waals surface area contributed by atoms with Crippen molar-refractivity contribution in [1.29, 1.82) is 0 Å². The van der Waals surface area contributed by atoms with Crippen molar-refractivity contribution in [3.8, 4) is 0 Å². The molecule has 0 saturated heterocycles. The van der Waals surface area contributed by atoms with Gasteiger partial charge in [0.25, 0.3) is 0 Å². The quantitative estimate of drug-likeness (QED) is 0.837. The largest absolute Gasteiger partial charge is 0.330 e. The SMILES string of the molecule is Cc1ccc(NC(=O)CCCN)cc1I. The Morgan fingerprint density at radius 1 is 1.53 bits per heavy atom. The van der Waals surface area contributed by atoms with Crippen LogP contribution in [0.15, 0.2) is 18.2 Å². The molecule has 15 heavy (non-hydrogen) atoms. The van der Waals surface area contributed by atoms with E-state index >= 15 is 0 Å². The van der Waals surface area contributed by atoms with E-state index in [0.29, 0.717) is 13.0 Å². The van der Waals surface area contributed by atoms with Crippen LogP contribution in [0.2, 0.25) is 0 Å². The van der Waals surface area contributed by atoms with Crippen LogP contribution in [0.3, 0.4) is 0 Å². The van der Waals surface area contributed by atoms with Crippen molar-refractivity contribution in [3.05, 3.63) is 27.3 Å². The lowest BCUT2D eigenvalue weighted by Gasteiger charge is -2.06. The predicted molar refractivity (Wildman–Crippen MR) is 70.8 cm³/mol. The second-order valence-corrected chi connectivity index (χ2v) is 4.57. The predicted octanol–water partition coefficient (Wildman–Crippen LogP) is 2.28. The molecule has 3 N–H and O–H groups in total. The smallest absolute Gasteiger partial charge is 0.224 e. The summed E-state index contributed by atoms with van der Waals surface area (Å²) in [5, 5.41) is 2.85. The first kappa shape index (κ1) is 12.4. The zero-order chi connectivity index (χ0) is 11.3. The van der Waals surface area contributed by atoms with Gasteiger partial charge < -0.3 is 11.1 Å². The number of carbonyl (C=O) groups excluding carboxylic acids is 1. The number of amides is 1. The third kappa shape index (κ3) is 4.17. The Morgan fingerprint density at radius 2 is 2.27 bits per heavy atom. The van der Waals surface area contributed by atoms with Gasteiger partial charge in [-0.1, -0.05) is 6.07 Å². The molecule has 0 saturated carbocycles. The number of rotatable bonds is 4. The average molecular weight is 318 g/mol. The summed E-state index contributed by atoms with van der Waals surface area (Å²) in [6.07, 6.45) is 1.22. The Hall–Kier alpha value is -0.620. The van der Waals surface area contributed by atoms with Crippen LogP contribution in [0.25, 0.3) is 0 Å². The molecular weight excluding hydrogens is 303 g/mol. The van der Waals surface area contributed by atoms with E-state index in [2.05, 4.69) is 27.9 Å². The summed E-state index contributed by atoms with van der Waals surface area (Å²) in [6.45, 7) is 2.60. The molecule has 1 aromatic carbocycles. The van der Waals surface area contributed by atoms with Gasteiger partial charge in [-0.05, 0) is 60.2 Å². The van der Waals surface area contributed by atoms with Crippen LogP contribution in [0.5, 0.6) is 0 Å². The van der Waals surface area contributed by atoms with E-state index in [1.54, 1.807) is 0 Å². The Morgan fingerprint density at radius 3 is 2.87 bits per heavy atom. The third-order valence-electron chi connectivity index (χ3n) is 2.06. The van der Waals surface area contributed by atoms with Crippen molar-refractivity contribution < 1.29 is 4.79 Å². The fraction of sp³-hybridized carbons (Fsp3) is 0.364. The Bertz CT molecular complexity index is 352. The van der Waals surface area contributed by atoms with E-state index in [1.165, 1.54) is 5.56 Å². The summed E-state index contributed by atoms with van der Waals surface area (Å²) < 4.78 is 1.16. The van der Waals surface area contributed by atoms with Crippen LogP contribution in [0, 0.1) is 10.5 Å². The second-order valence-electron chi connectivity index (χ2n) is 3.40. The Kier molecular flexibility index (Phi) is 5.04. The Balaban J connectivity index is 2.57. The minimum Gasteiger partial charge on any atom is -0.330 e. The van der Waals surface area contributed by atoms with Gasteiger partial charge in [-0.3, -0.25) is 4.79 Å². The van der Waals surface area contributed by atoms with Crippen molar-refractivity contribution in [2.75, 3.05) is 11.9 Å². The lowest BCUT2D eigenvalue weighted by atomic mass is 10.2. The molecule has 1 rings (SSSR count). The summed E-state index contributed by atoms with van der Waals surface area (Å²) in [6, 6.07) is 5.88. The van der Waals surface area contributed by atoms with Crippen molar-refractivity contribution >= 4 is 34.2 Å². The van der Waals surface area contributed by atoms with Crippen molar-refractivity contribution in [1.82, 2.24) is 0 Å².